The molecule has 0 fully saturated rings. The predicted octanol–water partition coefficient (Wildman–Crippen LogP) is 1.63. The van der Waals surface area contributed by atoms with Gasteiger partial charge in [0.05, 0.1) is 18.8 Å². The van der Waals surface area contributed by atoms with Crippen LogP contribution >= 0.6 is 0 Å². The highest BCUT2D eigenvalue weighted by molar-refractivity contribution is 5.48. The molecule has 4 heteroatoms. The van der Waals surface area contributed by atoms with Crippen molar-refractivity contribution in [1.82, 2.24) is 0 Å². The Morgan fingerprint density at radius 2 is 2.18 bits per heavy atom. The molecule has 0 saturated heterocycles. The number of hydrogen-bond donors (Lipinski definition) is 3. The van der Waals surface area contributed by atoms with Gasteiger partial charge in [-0.15, -0.1) is 0 Å². The molecule has 0 radical (unpaired) electrons. The molecule has 0 amide bonds. The van der Waals surface area contributed by atoms with Crippen LogP contribution < -0.4 is 10.1 Å². The van der Waals surface area contributed by atoms with Crippen molar-refractivity contribution in [3.8, 4) is 5.75 Å². The summed E-state index contributed by atoms with van der Waals surface area (Å²) in [4.78, 5) is 0. The number of aliphatic hydroxyl groups is 2. The van der Waals surface area contributed by atoms with Crippen LogP contribution in [0.25, 0.3) is 0 Å². The van der Waals surface area contributed by atoms with Crippen LogP contribution in [0.3, 0.4) is 0 Å². The van der Waals surface area contributed by atoms with E-state index in [0.717, 1.165) is 17.9 Å². The van der Waals surface area contributed by atoms with Crippen molar-refractivity contribution >= 4 is 5.69 Å². The van der Waals surface area contributed by atoms with Crippen LogP contribution in [0.4, 0.5) is 5.69 Å². The summed E-state index contributed by atoms with van der Waals surface area (Å²) in [6, 6.07) is 7.58. The zero-order valence-corrected chi connectivity index (χ0v) is 10.4. The number of nitrogens with one attached hydrogen (secondary N) is 1. The molecule has 2 atom stereocenters. The first-order valence-electron chi connectivity index (χ1n) is 5.95. The molecular weight excluding hydrogens is 218 g/mol. The van der Waals surface area contributed by atoms with E-state index in [0.29, 0.717) is 6.54 Å². The molecule has 0 saturated carbocycles. The lowest BCUT2D eigenvalue weighted by Gasteiger charge is -2.14. The van der Waals surface area contributed by atoms with E-state index in [1.54, 1.807) is 0 Å². The Morgan fingerprint density at radius 1 is 1.41 bits per heavy atom. The van der Waals surface area contributed by atoms with E-state index in [1.807, 2.05) is 31.2 Å². The van der Waals surface area contributed by atoms with E-state index >= 15 is 0 Å². The smallest absolute Gasteiger partial charge is 0.121 e. The molecule has 0 aliphatic rings. The molecule has 0 aliphatic carbocycles. The Balaban J connectivity index is 2.53. The highest BCUT2D eigenvalue weighted by Crippen LogP contribution is 2.19. The second-order valence-electron chi connectivity index (χ2n) is 4.08. The van der Waals surface area contributed by atoms with Crippen LogP contribution in [-0.4, -0.2) is 35.6 Å². The van der Waals surface area contributed by atoms with Gasteiger partial charge < -0.3 is 20.3 Å². The van der Waals surface area contributed by atoms with Gasteiger partial charge in [0.15, 0.2) is 0 Å². The fourth-order valence-electron chi connectivity index (χ4n) is 1.30. The number of rotatable bonds is 7. The third-order valence-corrected chi connectivity index (χ3v) is 2.50. The van der Waals surface area contributed by atoms with Crippen LogP contribution in [0.1, 0.15) is 20.3 Å². The molecule has 4 nitrogen and oxygen atoms in total. The summed E-state index contributed by atoms with van der Waals surface area (Å²) in [5.74, 6) is 0.808. The van der Waals surface area contributed by atoms with E-state index in [-0.39, 0.29) is 12.7 Å². The molecular formula is C13H21NO3. The first-order valence-corrected chi connectivity index (χ1v) is 5.95. The fourth-order valence-corrected chi connectivity index (χ4v) is 1.30. The second kappa shape index (κ2) is 7.14. The van der Waals surface area contributed by atoms with E-state index in [1.165, 1.54) is 0 Å². The number of aliphatic hydroxyl groups excluding tert-OH is 2. The maximum Gasteiger partial charge on any atom is 0.121 e. The largest absolute Gasteiger partial charge is 0.491 e. The van der Waals surface area contributed by atoms with Crippen molar-refractivity contribution in [2.75, 3.05) is 18.5 Å². The Bertz CT molecular complexity index is 330. The van der Waals surface area contributed by atoms with Gasteiger partial charge in [0.25, 0.3) is 0 Å². The molecule has 0 spiro atoms. The molecule has 17 heavy (non-hydrogen) atoms. The topological polar surface area (TPSA) is 61.7 Å². The van der Waals surface area contributed by atoms with Crippen LogP contribution in [-0.2, 0) is 0 Å². The summed E-state index contributed by atoms with van der Waals surface area (Å²) in [6.07, 6.45) is 0.406. The van der Waals surface area contributed by atoms with E-state index in [2.05, 4.69) is 12.2 Å². The maximum atomic E-state index is 9.23. The number of benzene rings is 1. The van der Waals surface area contributed by atoms with Gasteiger partial charge in [-0.3, -0.25) is 0 Å². The number of ether oxygens (including phenoxy) is 1. The summed E-state index contributed by atoms with van der Waals surface area (Å²) in [6.45, 7) is 4.18. The first-order chi connectivity index (χ1) is 8.15. The van der Waals surface area contributed by atoms with Gasteiger partial charge in [-0.2, -0.15) is 0 Å². The minimum Gasteiger partial charge on any atom is -0.491 e. The van der Waals surface area contributed by atoms with Crippen LogP contribution in [0, 0.1) is 0 Å². The molecule has 1 aromatic rings. The average molecular weight is 239 g/mol. The van der Waals surface area contributed by atoms with Gasteiger partial charge in [0, 0.05) is 18.3 Å². The first kappa shape index (κ1) is 13.8. The van der Waals surface area contributed by atoms with Crippen LogP contribution in [0.2, 0.25) is 0 Å². The average Bonchev–Trinajstić information content (AvgIpc) is 2.36. The highest BCUT2D eigenvalue weighted by Gasteiger charge is 2.04. The lowest BCUT2D eigenvalue weighted by atomic mass is 10.2. The van der Waals surface area contributed by atoms with Crippen molar-refractivity contribution in [2.24, 2.45) is 0 Å². The normalized spacial score (nSPS) is 14.1. The zero-order valence-electron chi connectivity index (χ0n) is 10.4. The van der Waals surface area contributed by atoms with Crippen molar-refractivity contribution in [2.45, 2.75) is 32.5 Å². The number of hydrogen-bond acceptors (Lipinski definition) is 4. The SMILES string of the molecule is CCC(C)Oc1cccc(NCC(O)CO)c1. The van der Waals surface area contributed by atoms with Gasteiger partial charge >= 0.3 is 0 Å². The van der Waals surface area contributed by atoms with Crippen molar-refractivity contribution < 1.29 is 14.9 Å². The molecule has 2 unspecified atom stereocenters. The highest BCUT2D eigenvalue weighted by atomic mass is 16.5. The van der Waals surface area contributed by atoms with Gasteiger partial charge in [0.1, 0.15) is 5.75 Å². The Hall–Kier alpha value is -1.26. The summed E-state index contributed by atoms with van der Waals surface area (Å²) in [5, 5.41) is 21.0. The molecule has 1 aromatic carbocycles. The molecule has 0 aliphatic heterocycles. The summed E-state index contributed by atoms with van der Waals surface area (Å²) >= 11 is 0. The Kier molecular flexibility index (Phi) is 5.80. The minimum absolute atomic E-state index is 0.188. The third kappa shape index (κ3) is 5.06. The third-order valence-electron chi connectivity index (χ3n) is 2.50. The molecule has 3 N–H and O–H groups in total. The number of anilines is 1. The quantitative estimate of drug-likeness (QED) is 0.677. The van der Waals surface area contributed by atoms with Crippen molar-refractivity contribution in [3.63, 3.8) is 0 Å². The van der Waals surface area contributed by atoms with Gasteiger partial charge in [-0.25, -0.2) is 0 Å². The Morgan fingerprint density at radius 3 is 2.82 bits per heavy atom. The van der Waals surface area contributed by atoms with Crippen molar-refractivity contribution in [1.29, 1.82) is 0 Å². The monoisotopic (exact) mass is 239 g/mol. The lowest BCUT2D eigenvalue weighted by Crippen LogP contribution is -2.22. The van der Waals surface area contributed by atoms with Crippen LogP contribution in [0.5, 0.6) is 5.75 Å². The minimum atomic E-state index is -0.742. The van der Waals surface area contributed by atoms with Gasteiger partial charge in [0.2, 0.25) is 0 Å². The Labute approximate surface area is 102 Å². The van der Waals surface area contributed by atoms with E-state index in [9.17, 15) is 5.11 Å². The van der Waals surface area contributed by atoms with Crippen molar-refractivity contribution in [3.05, 3.63) is 24.3 Å². The van der Waals surface area contributed by atoms with Gasteiger partial charge in [-0.1, -0.05) is 13.0 Å². The van der Waals surface area contributed by atoms with Crippen LogP contribution in [0.15, 0.2) is 24.3 Å². The second-order valence-corrected chi connectivity index (χ2v) is 4.08. The predicted molar refractivity (Wildman–Crippen MR) is 68.4 cm³/mol. The molecule has 1 rings (SSSR count). The molecule has 0 bridgehead atoms. The summed E-state index contributed by atoms with van der Waals surface area (Å²) < 4.78 is 5.69. The maximum absolute atomic E-state index is 9.23. The summed E-state index contributed by atoms with van der Waals surface area (Å²) in [5.41, 5.74) is 0.873. The lowest BCUT2D eigenvalue weighted by molar-refractivity contribution is 0.105. The van der Waals surface area contributed by atoms with E-state index in [4.69, 9.17) is 9.84 Å². The molecule has 0 heterocycles. The molecule has 96 valence electrons. The zero-order chi connectivity index (χ0) is 12.7. The molecule has 0 aromatic heterocycles. The standard InChI is InChI=1S/C13H21NO3/c1-3-10(2)17-13-6-4-5-11(7-13)14-8-12(16)9-15/h4-7,10,12,14-16H,3,8-9H2,1-2H3. The van der Waals surface area contributed by atoms with Gasteiger partial charge in [-0.05, 0) is 25.5 Å². The van der Waals surface area contributed by atoms with E-state index < -0.39 is 6.10 Å². The fraction of sp³-hybridized carbons (Fsp3) is 0.538. The summed E-state index contributed by atoms with van der Waals surface area (Å²) in [7, 11) is 0.